The quantitative estimate of drug-likeness (QED) is 0.504. The Labute approximate surface area is 168 Å². The maximum Gasteiger partial charge on any atom is 0.509 e. The lowest BCUT2D eigenvalue weighted by molar-refractivity contribution is -0.120. The number of allylic oxidation sites excluding steroid dienone is 1. The van der Waals surface area contributed by atoms with E-state index in [4.69, 9.17) is 15.9 Å². The number of carbonyl (C=O) groups is 2. The summed E-state index contributed by atoms with van der Waals surface area (Å²) < 4.78 is 11.0. The summed E-state index contributed by atoms with van der Waals surface area (Å²) in [7, 11) is 0. The summed E-state index contributed by atoms with van der Waals surface area (Å²) in [6.07, 6.45) is 16.0. The molecular formula is C24H32O4. The highest BCUT2D eigenvalue weighted by Crippen LogP contribution is 2.67. The molecule has 152 valence electrons. The minimum Gasteiger partial charge on any atom is -0.435 e. The third-order valence-electron chi connectivity index (χ3n) is 8.50. The van der Waals surface area contributed by atoms with Crippen molar-refractivity contribution in [1.82, 2.24) is 0 Å². The molecule has 4 rings (SSSR count). The Balaban J connectivity index is 1.63. The number of fused-ring (bicyclic) bond motifs is 5. The van der Waals surface area contributed by atoms with Crippen molar-refractivity contribution >= 4 is 11.9 Å². The van der Waals surface area contributed by atoms with E-state index in [-0.39, 0.29) is 5.41 Å². The van der Waals surface area contributed by atoms with Crippen LogP contribution in [-0.2, 0) is 14.3 Å². The van der Waals surface area contributed by atoms with Gasteiger partial charge in [-0.3, -0.25) is 4.79 Å². The molecule has 0 amide bonds. The molecule has 28 heavy (non-hydrogen) atoms. The summed E-state index contributed by atoms with van der Waals surface area (Å²) in [5, 5.41) is 0. The van der Waals surface area contributed by atoms with Gasteiger partial charge in [0.15, 0.2) is 11.4 Å². The van der Waals surface area contributed by atoms with Crippen LogP contribution in [0.4, 0.5) is 4.79 Å². The molecule has 0 aliphatic heterocycles. The van der Waals surface area contributed by atoms with Crippen LogP contribution >= 0.6 is 0 Å². The molecule has 4 heteroatoms. The maximum absolute atomic E-state index is 12.2. The standard InChI is InChI=1S/C24H32O4/c1-4-23-13-11-19-18-10-8-17(25)15-16(18)7-9-20(19)21(23)12-14-24(23,5-2)28-22(26)27-6-3/h2,15,18-21H,4,6-14H2,1,3H3. The fourth-order valence-corrected chi connectivity index (χ4v) is 7.41. The molecule has 0 bridgehead atoms. The number of ether oxygens (including phenoxy) is 2. The van der Waals surface area contributed by atoms with Gasteiger partial charge >= 0.3 is 6.16 Å². The van der Waals surface area contributed by atoms with Gasteiger partial charge in [-0.15, -0.1) is 6.42 Å². The Hall–Kier alpha value is -1.76. The van der Waals surface area contributed by atoms with Gasteiger partial charge in [0.05, 0.1) is 6.61 Å². The van der Waals surface area contributed by atoms with E-state index < -0.39 is 11.8 Å². The molecule has 3 fully saturated rings. The molecule has 0 saturated heterocycles. The van der Waals surface area contributed by atoms with Crippen molar-refractivity contribution in [3.8, 4) is 12.3 Å². The summed E-state index contributed by atoms with van der Waals surface area (Å²) >= 11 is 0. The third kappa shape index (κ3) is 2.73. The Morgan fingerprint density at radius 2 is 2.00 bits per heavy atom. The first kappa shape index (κ1) is 19.6. The van der Waals surface area contributed by atoms with Crippen molar-refractivity contribution in [3.63, 3.8) is 0 Å². The van der Waals surface area contributed by atoms with Crippen molar-refractivity contribution in [1.29, 1.82) is 0 Å². The van der Waals surface area contributed by atoms with Crippen LogP contribution in [0, 0.1) is 41.4 Å². The second-order valence-electron chi connectivity index (χ2n) is 9.15. The first-order valence-corrected chi connectivity index (χ1v) is 11.1. The Bertz CT molecular complexity index is 731. The summed E-state index contributed by atoms with van der Waals surface area (Å²) in [5.74, 6) is 5.56. The zero-order valence-electron chi connectivity index (χ0n) is 17.2. The number of hydrogen-bond acceptors (Lipinski definition) is 4. The van der Waals surface area contributed by atoms with E-state index in [1.807, 2.05) is 6.08 Å². The van der Waals surface area contributed by atoms with Crippen molar-refractivity contribution < 1.29 is 19.1 Å². The van der Waals surface area contributed by atoms with Crippen molar-refractivity contribution in [2.75, 3.05) is 6.61 Å². The first-order valence-electron chi connectivity index (χ1n) is 11.1. The molecule has 0 spiro atoms. The van der Waals surface area contributed by atoms with Crippen LogP contribution in [0.25, 0.3) is 0 Å². The Morgan fingerprint density at radius 3 is 2.71 bits per heavy atom. The average molecular weight is 385 g/mol. The van der Waals surface area contributed by atoms with Gasteiger partial charge in [-0.05, 0) is 88.0 Å². The van der Waals surface area contributed by atoms with Crippen LogP contribution in [0.5, 0.6) is 0 Å². The first-order chi connectivity index (χ1) is 13.5. The van der Waals surface area contributed by atoms with Crippen LogP contribution in [0.15, 0.2) is 11.6 Å². The van der Waals surface area contributed by atoms with E-state index in [0.717, 1.165) is 51.4 Å². The lowest BCUT2D eigenvalue weighted by atomic mass is 9.49. The van der Waals surface area contributed by atoms with E-state index in [2.05, 4.69) is 12.8 Å². The lowest BCUT2D eigenvalue weighted by Crippen LogP contribution is -2.55. The molecular weight excluding hydrogens is 352 g/mol. The van der Waals surface area contributed by atoms with Crippen LogP contribution < -0.4 is 0 Å². The van der Waals surface area contributed by atoms with Crippen molar-refractivity contribution in [2.24, 2.45) is 29.1 Å². The van der Waals surface area contributed by atoms with Gasteiger partial charge in [0, 0.05) is 11.8 Å². The van der Waals surface area contributed by atoms with Crippen molar-refractivity contribution in [2.45, 2.75) is 77.2 Å². The normalized spacial score (nSPS) is 41.8. The highest BCUT2D eigenvalue weighted by molar-refractivity contribution is 5.91. The van der Waals surface area contributed by atoms with Gasteiger partial charge in [-0.25, -0.2) is 4.79 Å². The van der Waals surface area contributed by atoms with Crippen LogP contribution in [0.2, 0.25) is 0 Å². The Kier molecular flexibility index (Phi) is 5.06. The largest absolute Gasteiger partial charge is 0.509 e. The molecule has 6 atom stereocenters. The van der Waals surface area contributed by atoms with E-state index >= 15 is 0 Å². The molecule has 0 aromatic heterocycles. The van der Waals surface area contributed by atoms with Gasteiger partial charge in [-0.1, -0.05) is 18.4 Å². The van der Waals surface area contributed by atoms with Crippen molar-refractivity contribution in [3.05, 3.63) is 11.6 Å². The molecule has 6 unspecified atom stereocenters. The predicted molar refractivity (Wildman–Crippen MR) is 106 cm³/mol. The fraction of sp³-hybridized carbons (Fsp3) is 0.750. The Morgan fingerprint density at radius 1 is 1.18 bits per heavy atom. The fourth-order valence-electron chi connectivity index (χ4n) is 7.41. The molecule has 0 heterocycles. The van der Waals surface area contributed by atoms with E-state index in [1.165, 1.54) is 5.57 Å². The lowest BCUT2D eigenvalue weighted by Gasteiger charge is -2.56. The topological polar surface area (TPSA) is 52.6 Å². The molecule has 0 aromatic carbocycles. The third-order valence-corrected chi connectivity index (χ3v) is 8.50. The van der Waals surface area contributed by atoms with Crippen LogP contribution in [-0.4, -0.2) is 24.1 Å². The molecule has 3 saturated carbocycles. The molecule has 4 aliphatic rings. The van der Waals surface area contributed by atoms with Crippen LogP contribution in [0.3, 0.4) is 0 Å². The highest BCUT2D eigenvalue weighted by atomic mass is 16.7. The number of terminal acetylenes is 1. The van der Waals surface area contributed by atoms with E-state index in [0.29, 0.717) is 42.5 Å². The number of rotatable bonds is 3. The SMILES string of the molecule is C#CC1(OC(=O)OCC)CCC2C3CCC4=CC(=O)CCC4C3CCC21CC. The van der Waals surface area contributed by atoms with Crippen LogP contribution in [0.1, 0.15) is 71.6 Å². The minimum atomic E-state index is -0.845. The van der Waals surface area contributed by atoms with E-state index in [1.54, 1.807) is 6.92 Å². The molecule has 4 nitrogen and oxygen atoms in total. The molecule has 4 aliphatic carbocycles. The number of carbonyl (C=O) groups excluding carboxylic acids is 2. The predicted octanol–water partition coefficient (Wildman–Crippen LogP) is 5.06. The molecule has 0 N–H and O–H groups in total. The van der Waals surface area contributed by atoms with Gasteiger partial charge in [0.1, 0.15) is 0 Å². The summed E-state index contributed by atoms with van der Waals surface area (Å²) in [5.41, 5.74) is 0.398. The summed E-state index contributed by atoms with van der Waals surface area (Å²) in [6, 6.07) is 0. The van der Waals surface area contributed by atoms with Gasteiger partial charge in [0.25, 0.3) is 0 Å². The summed E-state index contributed by atoms with van der Waals surface area (Å²) in [4.78, 5) is 24.1. The number of ketones is 1. The zero-order chi connectivity index (χ0) is 19.9. The highest BCUT2D eigenvalue weighted by Gasteiger charge is 2.66. The smallest absolute Gasteiger partial charge is 0.435 e. The second kappa shape index (κ2) is 7.25. The second-order valence-corrected chi connectivity index (χ2v) is 9.15. The monoisotopic (exact) mass is 384 g/mol. The zero-order valence-corrected chi connectivity index (χ0v) is 17.2. The minimum absolute atomic E-state index is 0.151. The molecule has 0 radical (unpaired) electrons. The van der Waals surface area contributed by atoms with E-state index in [9.17, 15) is 9.59 Å². The maximum atomic E-state index is 12.2. The van der Waals surface area contributed by atoms with Gasteiger partial charge < -0.3 is 9.47 Å². The summed E-state index contributed by atoms with van der Waals surface area (Å²) in [6.45, 7) is 4.28. The average Bonchev–Trinajstić information content (AvgIpc) is 3.02. The van der Waals surface area contributed by atoms with Gasteiger partial charge in [-0.2, -0.15) is 0 Å². The number of hydrogen-bond donors (Lipinski definition) is 0. The molecule has 0 aromatic rings. The van der Waals surface area contributed by atoms with Gasteiger partial charge in [0.2, 0.25) is 0 Å².